The van der Waals surface area contributed by atoms with E-state index in [4.69, 9.17) is 5.73 Å². The molecule has 2 aromatic heterocycles. The predicted octanol–water partition coefficient (Wildman–Crippen LogP) is 3.80. The van der Waals surface area contributed by atoms with Crippen molar-refractivity contribution in [3.8, 4) is 0 Å². The van der Waals surface area contributed by atoms with Gasteiger partial charge in [0.05, 0.1) is 23.2 Å². The Kier molecular flexibility index (Phi) is 9.56. The van der Waals surface area contributed by atoms with Gasteiger partial charge in [-0.05, 0) is 39.2 Å². The summed E-state index contributed by atoms with van der Waals surface area (Å²) in [5.74, 6) is -0.120. The molecule has 1 unspecified atom stereocenters. The number of nitrogens with zero attached hydrogens (tertiary/aromatic N) is 3. The van der Waals surface area contributed by atoms with Crippen LogP contribution in [0.4, 0.5) is 0 Å². The van der Waals surface area contributed by atoms with E-state index >= 15 is 0 Å². The molecular weight excluding hydrogens is 373 g/mol. The van der Waals surface area contributed by atoms with E-state index in [0.717, 1.165) is 36.0 Å². The van der Waals surface area contributed by atoms with Crippen LogP contribution in [0, 0.1) is 6.92 Å². The molecule has 148 valence electrons. The van der Waals surface area contributed by atoms with Gasteiger partial charge in [-0.2, -0.15) is 5.10 Å². The van der Waals surface area contributed by atoms with Crippen LogP contribution >= 0.6 is 24.8 Å². The van der Waals surface area contributed by atoms with Crippen molar-refractivity contribution in [3.05, 3.63) is 23.5 Å². The minimum Gasteiger partial charge on any atom is -0.350 e. The lowest BCUT2D eigenvalue weighted by molar-refractivity contribution is 0.0943. The van der Waals surface area contributed by atoms with Crippen LogP contribution in [-0.4, -0.2) is 32.8 Å². The zero-order valence-corrected chi connectivity index (χ0v) is 17.8. The largest absolute Gasteiger partial charge is 0.350 e. The SMILES string of the molecule is CCC(C)n1ncc2c(C(=O)NCC(N)(CC)CC)cc(C)nc21.Cl.Cl. The summed E-state index contributed by atoms with van der Waals surface area (Å²) in [4.78, 5) is 17.3. The highest BCUT2D eigenvalue weighted by Gasteiger charge is 2.23. The number of carbonyl (C=O) groups is 1. The second kappa shape index (κ2) is 10.1. The molecule has 2 rings (SSSR count). The van der Waals surface area contributed by atoms with Gasteiger partial charge in [0.1, 0.15) is 0 Å². The van der Waals surface area contributed by atoms with E-state index in [9.17, 15) is 4.79 Å². The third-order valence-corrected chi connectivity index (χ3v) is 4.96. The van der Waals surface area contributed by atoms with E-state index in [1.54, 1.807) is 6.20 Å². The molecule has 26 heavy (non-hydrogen) atoms. The van der Waals surface area contributed by atoms with Crippen LogP contribution in [0.5, 0.6) is 0 Å². The maximum atomic E-state index is 12.7. The number of halogens is 2. The maximum Gasteiger partial charge on any atom is 0.252 e. The number of hydrogen-bond acceptors (Lipinski definition) is 4. The van der Waals surface area contributed by atoms with Crippen molar-refractivity contribution in [1.82, 2.24) is 20.1 Å². The Hall–Kier alpha value is -1.37. The molecule has 6 nitrogen and oxygen atoms in total. The number of hydrogen-bond donors (Lipinski definition) is 2. The van der Waals surface area contributed by atoms with Gasteiger partial charge in [0.2, 0.25) is 0 Å². The van der Waals surface area contributed by atoms with E-state index in [-0.39, 0.29) is 42.3 Å². The molecule has 0 radical (unpaired) electrons. The van der Waals surface area contributed by atoms with Gasteiger partial charge in [0.25, 0.3) is 5.91 Å². The first-order valence-corrected chi connectivity index (χ1v) is 8.77. The van der Waals surface area contributed by atoms with Crippen molar-refractivity contribution in [1.29, 1.82) is 0 Å². The molecule has 0 saturated heterocycles. The zero-order valence-electron chi connectivity index (χ0n) is 16.2. The lowest BCUT2D eigenvalue weighted by atomic mass is 9.94. The summed E-state index contributed by atoms with van der Waals surface area (Å²) in [6.07, 6.45) is 4.33. The predicted molar refractivity (Wildman–Crippen MR) is 112 cm³/mol. The van der Waals surface area contributed by atoms with E-state index < -0.39 is 0 Å². The summed E-state index contributed by atoms with van der Waals surface area (Å²) in [5.41, 5.74) is 8.10. The zero-order chi connectivity index (χ0) is 17.9. The number of nitrogens with two attached hydrogens (primary N) is 1. The molecule has 0 fully saturated rings. The standard InChI is InChI=1S/C18H29N5O.2ClH/c1-6-13(5)23-16-15(10-21-23)14(9-12(4)22-16)17(24)20-11-18(19,7-2)8-3;;/h9-10,13H,6-8,11,19H2,1-5H3,(H,20,24);2*1H. The topological polar surface area (TPSA) is 85.8 Å². The van der Waals surface area contributed by atoms with Gasteiger partial charge in [-0.1, -0.05) is 20.8 Å². The van der Waals surface area contributed by atoms with Crippen LogP contribution in [0.3, 0.4) is 0 Å². The molecule has 2 heterocycles. The molecule has 2 aromatic rings. The monoisotopic (exact) mass is 403 g/mol. The van der Waals surface area contributed by atoms with E-state index in [0.29, 0.717) is 12.1 Å². The van der Waals surface area contributed by atoms with Gasteiger partial charge in [-0.25, -0.2) is 9.67 Å². The molecule has 1 atom stereocenters. The first-order valence-electron chi connectivity index (χ1n) is 8.77. The van der Waals surface area contributed by atoms with E-state index in [2.05, 4.69) is 29.2 Å². The fraction of sp³-hybridized carbons (Fsp3) is 0.611. The molecule has 0 spiro atoms. The van der Waals surface area contributed by atoms with Crippen molar-refractivity contribution >= 4 is 41.8 Å². The Morgan fingerprint density at radius 1 is 1.31 bits per heavy atom. The van der Waals surface area contributed by atoms with Crippen LogP contribution in [0.15, 0.2) is 12.3 Å². The number of aromatic nitrogens is 3. The van der Waals surface area contributed by atoms with Gasteiger partial charge in [0, 0.05) is 17.8 Å². The van der Waals surface area contributed by atoms with Gasteiger partial charge >= 0.3 is 0 Å². The van der Waals surface area contributed by atoms with Crippen molar-refractivity contribution in [3.63, 3.8) is 0 Å². The number of rotatable bonds is 7. The molecular formula is C18H31Cl2N5O. The molecule has 0 aliphatic carbocycles. The van der Waals surface area contributed by atoms with Gasteiger partial charge < -0.3 is 11.1 Å². The van der Waals surface area contributed by atoms with Gasteiger partial charge in [-0.3, -0.25) is 4.79 Å². The van der Waals surface area contributed by atoms with E-state index in [1.807, 2.05) is 31.5 Å². The summed E-state index contributed by atoms with van der Waals surface area (Å²) in [6.45, 7) is 10.7. The minimum atomic E-state index is -0.363. The lowest BCUT2D eigenvalue weighted by Gasteiger charge is -2.26. The van der Waals surface area contributed by atoms with Crippen LogP contribution in [0.2, 0.25) is 0 Å². The summed E-state index contributed by atoms with van der Waals surface area (Å²) >= 11 is 0. The Morgan fingerprint density at radius 3 is 2.46 bits per heavy atom. The van der Waals surface area contributed by atoms with Crippen LogP contribution in [-0.2, 0) is 0 Å². The normalized spacial score (nSPS) is 12.2. The average Bonchev–Trinajstić information content (AvgIpc) is 3.01. The summed E-state index contributed by atoms with van der Waals surface area (Å²) < 4.78 is 1.89. The first kappa shape index (κ1) is 24.6. The third kappa shape index (κ3) is 5.09. The second-order valence-corrected chi connectivity index (χ2v) is 6.65. The van der Waals surface area contributed by atoms with Crippen LogP contribution in [0.1, 0.15) is 69.1 Å². The van der Waals surface area contributed by atoms with Crippen molar-refractivity contribution < 1.29 is 4.79 Å². The summed E-state index contributed by atoms with van der Waals surface area (Å²) in [5, 5.41) is 8.21. The molecule has 3 N–H and O–H groups in total. The highest BCUT2D eigenvalue weighted by Crippen LogP contribution is 2.22. The highest BCUT2D eigenvalue weighted by atomic mass is 35.5. The number of pyridine rings is 1. The number of fused-ring (bicyclic) bond motifs is 1. The number of nitrogens with one attached hydrogen (secondary N) is 1. The van der Waals surface area contributed by atoms with Crippen LogP contribution in [0.25, 0.3) is 11.0 Å². The Labute approximate surface area is 168 Å². The van der Waals surface area contributed by atoms with Crippen LogP contribution < -0.4 is 11.1 Å². The quantitative estimate of drug-likeness (QED) is 0.735. The summed E-state index contributed by atoms with van der Waals surface area (Å²) in [7, 11) is 0. The smallest absolute Gasteiger partial charge is 0.252 e. The first-order chi connectivity index (χ1) is 11.3. The number of aryl methyl sites for hydroxylation is 1. The highest BCUT2D eigenvalue weighted by molar-refractivity contribution is 6.05. The number of amides is 1. The minimum absolute atomic E-state index is 0. The maximum absolute atomic E-state index is 12.7. The fourth-order valence-electron chi connectivity index (χ4n) is 2.68. The molecule has 0 aliphatic heterocycles. The Balaban J connectivity index is 0.00000312. The number of carbonyl (C=O) groups excluding carboxylic acids is 1. The molecule has 8 heteroatoms. The second-order valence-electron chi connectivity index (χ2n) is 6.65. The third-order valence-electron chi connectivity index (χ3n) is 4.96. The molecule has 1 amide bonds. The van der Waals surface area contributed by atoms with Crippen molar-refractivity contribution in [2.75, 3.05) is 6.54 Å². The van der Waals surface area contributed by atoms with Crippen molar-refractivity contribution in [2.45, 2.75) is 65.5 Å². The van der Waals surface area contributed by atoms with E-state index in [1.165, 1.54) is 0 Å². The van der Waals surface area contributed by atoms with Crippen molar-refractivity contribution in [2.24, 2.45) is 5.73 Å². The Morgan fingerprint density at radius 2 is 1.92 bits per heavy atom. The molecule has 0 aromatic carbocycles. The Bertz CT molecular complexity index is 728. The molecule has 0 saturated carbocycles. The van der Waals surface area contributed by atoms with Gasteiger partial charge in [-0.15, -0.1) is 24.8 Å². The lowest BCUT2D eigenvalue weighted by Crippen LogP contribution is -2.49. The summed E-state index contributed by atoms with van der Waals surface area (Å²) in [6, 6.07) is 2.06. The molecule has 0 bridgehead atoms. The van der Waals surface area contributed by atoms with Gasteiger partial charge in [0.15, 0.2) is 5.65 Å². The fourth-order valence-corrected chi connectivity index (χ4v) is 2.68. The average molecular weight is 404 g/mol. The molecule has 0 aliphatic rings.